The lowest BCUT2D eigenvalue weighted by atomic mass is 9.90. The Balaban J connectivity index is 1.93. The fourth-order valence-corrected chi connectivity index (χ4v) is 2.40. The Morgan fingerprint density at radius 2 is 1.95 bits per heavy atom. The summed E-state index contributed by atoms with van der Waals surface area (Å²) in [6.07, 6.45) is 4.52. The lowest BCUT2D eigenvalue weighted by Crippen LogP contribution is -2.56. The van der Waals surface area contributed by atoms with Gasteiger partial charge in [-0.2, -0.15) is 5.21 Å². The standard InChI is InChI=1S/C11H18N6O3/c18-9(19)11(5-3-1-2-4-6-11)13-10(20)12-7-8-14-16-17-15-8/h1-7H2,(H,18,19)(H2,12,13,20)(H,14,15,16,17). The van der Waals surface area contributed by atoms with Crippen molar-refractivity contribution < 1.29 is 14.7 Å². The number of amides is 2. The second-order valence-corrected chi connectivity index (χ2v) is 4.94. The van der Waals surface area contributed by atoms with Gasteiger partial charge in [-0.3, -0.25) is 0 Å². The van der Waals surface area contributed by atoms with Crippen LogP contribution in [-0.2, 0) is 11.3 Å². The summed E-state index contributed by atoms with van der Waals surface area (Å²) in [7, 11) is 0. The first-order valence-corrected chi connectivity index (χ1v) is 6.64. The Kier molecular flexibility index (Phi) is 4.49. The van der Waals surface area contributed by atoms with Crippen molar-refractivity contribution in [1.82, 2.24) is 31.3 Å². The molecule has 9 nitrogen and oxygen atoms in total. The predicted octanol–water partition coefficient (Wildman–Crippen LogP) is 0.176. The molecule has 1 saturated carbocycles. The smallest absolute Gasteiger partial charge is 0.329 e. The van der Waals surface area contributed by atoms with Crippen LogP contribution in [0.2, 0.25) is 0 Å². The summed E-state index contributed by atoms with van der Waals surface area (Å²) in [5.74, 6) is -0.639. The van der Waals surface area contributed by atoms with E-state index in [1.54, 1.807) is 0 Å². The van der Waals surface area contributed by atoms with Crippen LogP contribution in [0.4, 0.5) is 4.79 Å². The van der Waals surface area contributed by atoms with E-state index in [1.165, 1.54) is 0 Å². The van der Waals surface area contributed by atoms with E-state index < -0.39 is 17.5 Å². The number of aromatic amines is 1. The number of aromatic nitrogens is 4. The van der Waals surface area contributed by atoms with Crippen molar-refractivity contribution in [2.24, 2.45) is 0 Å². The van der Waals surface area contributed by atoms with Crippen molar-refractivity contribution in [3.8, 4) is 0 Å². The van der Waals surface area contributed by atoms with Gasteiger partial charge in [-0.05, 0) is 12.8 Å². The third-order valence-corrected chi connectivity index (χ3v) is 3.52. The van der Waals surface area contributed by atoms with Crippen LogP contribution in [0.25, 0.3) is 0 Å². The van der Waals surface area contributed by atoms with Crippen molar-refractivity contribution in [1.29, 1.82) is 0 Å². The molecule has 1 aromatic rings. The highest BCUT2D eigenvalue weighted by Gasteiger charge is 2.40. The van der Waals surface area contributed by atoms with Crippen LogP contribution in [0.1, 0.15) is 44.3 Å². The van der Waals surface area contributed by atoms with Crippen LogP contribution >= 0.6 is 0 Å². The molecule has 9 heteroatoms. The predicted molar refractivity (Wildman–Crippen MR) is 67.6 cm³/mol. The number of nitrogens with one attached hydrogen (secondary N) is 3. The molecule has 0 bridgehead atoms. The van der Waals surface area contributed by atoms with Crippen molar-refractivity contribution >= 4 is 12.0 Å². The minimum Gasteiger partial charge on any atom is -0.480 e. The van der Waals surface area contributed by atoms with Gasteiger partial charge in [0.1, 0.15) is 5.54 Å². The number of carboxylic acids is 1. The summed E-state index contributed by atoms with van der Waals surface area (Å²) < 4.78 is 0. The maximum absolute atomic E-state index is 11.9. The Bertz CT molecular complexity index is 453. The van der Waals surface area contributed by atoms with E-state index in [0.29, 0.717) is 18.7 Å². The molecule has 2 rings (SSSR count). The van der Waals surface area contributed by atoms with Crippen LogP contribution < -0.4 is 10.6 Å². The zero-order valence-electron chi connectivity index (χ0n) is 11.1. The molecule has 1 fully saturated rings. The second-order valence-electron chi connectivity index (χ2n) is 4.94. The van der Waals surface area contributed by atoms with Crippen LogP contribution in [0.15, 0.2) is 0 Å². The third-order valence-electron chi connectivity index (χ3n) is 3.52. The largest absolute Gasteiger partial charge is 0.480 e. The third kappa shape index (κ3) is 3.43. The van der Waals surface area contributed by atoms with Crippen molar-refractivity contribution in [3.05, 3.63) is 5.82 Å². The molecule has 0 aromatic carbocycles. The number of aliphatic carboxylic acids is 1. The number of urea groups is 1. The minimum absolute atomic E-state index is 0.0953. The number of carboxylic acid groups (broad SMARTS) is 1. The number of carbonyl (C=O) groups is 2. The van der Waals surface area contributed by atoms with E-state index in [-0.39, 0.29) is 6.54 Å². The molecule has 0 radical (unpaired) electrons. The van der Waals surface area contributed by atoms with Gasteiger partial charge in [0.2, 0.25) is 0 Å². The van der Waals surface area contributed by atoms with Crippen LogP contribution in [0, 0.1) is 0 Å². The van der Waals surface area contributed by atoms with Crippen molar-refractivity contribution in [2.45, 2.75) is 50.6 Å². The van der Waals surface area contributed by atoms with Crippen LogP contribution in [0.3, 0.4) is 0 Å². The van der Waals surface area contributed by atoms with E-state index >= 15 is 0 Å². The summed E-state index contributed by atoms with van der Waals surface area (Å²) in [5.41, 5.74) is -1.17. The van der Waals surface area contributed by atoms with E-state index in [2.05, 4.69) is 31.3 Å². The van der Waals surface area contributed by atoms with Gasteiger partial charge in [-0.25, -0.2) is 9.59 Å². The number of hydrogen-bond acceptors (Lipinski definition) is 5. The molecule has 20 heavy (non-hydrogen) atoms. The van der Waals surface area contributed by atoms with E-state index in [1.807, 2.05) is 0 Å². The van der Waals surface area contributed by atoms with E-state index in [4.69, 9.17) is 0 Å². The van der Waals surface area contributed by atoms with Gasteiger partial charge in [-0.1, -0.05) is 30.9 Å². The molecule has 0 saturated heterocycles. The van der Waals surface area contributed by atoms with Crippen LogP contribution in [0.5, 0.6) is 0 Å². The molecule has 1 aromatic heterocycles. The maximum Gasteiger partial charge on any atom is 0.329 e. The van der Waals surface area contributed by atoms with Gasteiger partial charge in [0.25, 0.3) is 0 Å². The molecule has 1 heterocycles. The molecule has 0 aliphatic heterocycles. The van der Waals surface area contributed by atoms with E-state index in [9.17, 15) is 14.7 Å². The monoisotopic (exact) mass is 282 g/mol. The number of carbonyl (C=O) groups excluding carboxylic acids is 1. The van der Waals surface area contributed by atoms with Crippen molar-refractivity contribution in [3.63, 3.8) is 0 Å². The van der Waals surface area contributed by atoms with Gasteiger partial charge in [0.15, 0.2) is 5.82 Å². The quantitative estimate of drug-likeness (QED) is 0.582. The summed E-state index contributed by atoms with van der Waals surface area (Å²) >= 11 is 0. The number of H-pyrrole nitrogens is 1. The van der Waals surface area contributed by atoms with Gasteiger partial charge >= 0.3 is 12.0 Å². The molecule has 0 spiro atoms. The first-order valence-electron chi connectivity index (χ1n) is 6.64. The van der Waals surface area contributed by atoms with Gasteiger partial charge in [-0.15, -0.1) is 10.2 Å². The topological polar surface area (TPSA) is 133 Å². The molecular formula is C11H18N6O3. The highest BCUT2D eigenvalue weighted by atomic mass is 16.4. The maximum atomic E-state index is 11.9. The number of hydrogen-bond donors (Lipinski definition) is 4. The summed E-state index contributed by atoms with van der Waals surface area (Å²) in [6.45, 7) is 0.0953. The molecule has 1 aliphatic carbocycles. The van der Waals surface area contributed by atoms with Crippen molar-refractivity contribution in [2.75, 3.05) is 0 Å². The molecule has 0 unspecified atom stereocenters. The van der Waals surface area contributed by atoms with Gasteiger partial charge in [0.05, 0.1) is 6.54 Å². The highest BCUT2D eigenvalue weighted by molar-refractivity contribution is 5.86. The molecule has 0 atom stereocenters. The Hall–Kier alpha value is -2.19. The lowest BCUT2D eigenvalue weighted by molar-refractivity contribution is -0.145. The molecule has 1 aliphatic rings. The number of rotatable bonds is 4. The Morgan fingerprint density at radius 3 is 2.50 bits per heavy atom. The fourth-order valence-electron chi connectivity index (χ4n) is 2.40. The molecular weight excluding hydrogens is 264 g/mol. The molecule has 110 valence electrons. The second kappa shape index (κ2) is 6.31. The number of tetrazole rings is 1. The average Bonchev–Trinajstić information content (AvgIpc) is 2.82. The average molecular weight is 282 g/mol. The summed E-state index contributed by atoms with van der Waals surface area (Å²) in [4.78, 5) is 23.4. The Morgan fingerprint density at radius 1 is 1.25 bits per heavy atom. The molecule has 4 N–H and O–H groups in total. The van der Waals surface area contributed by atoms with Gasteiger partial charge < -0.3 is 15.7 Å². The molecule has 2 amide bonds. The Labute approximate surface area is 115 Å². The first-order chi connectivity index (χ1) is 9.62. The van der Waals surface area contributed by atoms with Gasteiger partial charge in [0, 0.05) is 0 Å². The van der Waals surface area contributed by atoms with Crippen LogP contribution in [-0.4, -0.2) is 43.3 Å². The van der Waals surface area contributed by atoms with E-state index in [0.717, 1.165) is 25.7 Å². The zero-order chi connectivity index (χ0) is 14.4. The normalized spacial score (nSPS) is 18.0. The fraction of sp³-hybridized carbons (Fsp3) is 0.727. The SMILES string of the molecule is O=C(NCc1nn[nH]n1)NC1(C(=O)O)CCCCCC1. The summed E-state index contributed by atoms with van der Waals surface area (Å²) in [5, 5.41) is 27.6. The zero-order valence-corrected chi connectivity index (χ0v) is 11.1. The number of nitrogens with zero attached hydrogens (tertiary/aromatic N) is 3. The highest BCUT2D eigenvalue weighted by Crippen LogP contribution is 2.27. The minimum atomic E-state index is -1.17. The summed E-state index contributed by atoms with van der Waals surface area (Å²) in [6, 6.07) is -0.529. The lowest BCUT2D eigenvalue weighted by Gasteiger charge is -2.29. The first kappa shape index (κ1) is 14.2.